The quantitative estimate of drug-likeness (QED) is 0.389. The maximum absolute atomic E-state index is 12.9. The number of nitrogens with one attached hydrogen (secondary N) is 1. The van der Waals surface area contributed by atoms with Crippen LogP contribution in [0.1, 0.15) is 24.9 Å². The van der Waals surface area contributed by atoms with Crippen molar-refractivity contribution in [1.29, 1.82) is 0 Å². The number of nitrogens with two attached hydrogens (primary N) is 1. The Balaban J connectivity index is 2.94. The minimum absolute atomic E-state index is 0.0510. The van der Waals surface area contributed by atoms with Gasteiger partial charge in [0.25, 0.3) is 0 Å². The summed E-state index contributed by atoms with van der Waals surface area (Å²) >= 11 is 2.09. The lowest BCUT2D eigenvalue weighted by atomic mass is 10.0. The Kier molecular flexibility index (Phi) is 5.02. The summed E-state index contributed by atoms with van der Waals surface area (Å²) in [7, 11) is 0. The van der Waals surface area contributed by atoms with Gasteiger partial charge in [-0.2, -0.15) is 0 Å². The zero-order valence-corrected chi connectivity index (χ0v) is 10.5. The summed E-state index contributed by atoms with van der Waals surface area (Å²) in [6.07, 6.45) is 0.620. The van der Waals surface area contributed by atoms with Crippen LogP contribution in [0.2, 0.25) is 0 Å². The third-order valence-corrected chi connectivity index (χ3v) is 2.96. The Labute approximate surface area is 103 Å². The highest BCUT2D eigenvalue weighted by Gasteiger charge is 2.11. The lowest BCUT2D eigenvalue weighted by molar-refractivity contribution is 0.561. The van der Waals surface area contributed by atoms with Crippen molar-refractivity contribution in [2.45, 2.75) is 19.4 Å². The average Bonchev–Trinajstić information content (AvgIpc) is 2.21. The minimum atomic E-state index is -0.236. The summed E-state index contributed by atoms with van der Waals surface area (Å²) in [5, 5.41) is 0. The molecule has 0 heterocycles. The molecule has 0 aliphatic heterocycles. The number of hydrazine groups is 1. The first kappa shape index (κ1) is 12.4. The first-order valence-electron chi connectivity index (χ1n) is 4.49. The maximum Gasteiger partial charge on any atom is 0.124 e. The summed E-state index contributed by atoms with van der Waals surface area (Å²) < 4.78 is 13.7. The molecular formula is C11H12FIN2. The minimum Gasteiger partial charge on any atom is -0.271 e. The highest BCUT2D eigenvalue weighted by atomic mass is 127. The fourth-order valence-electron chi connectivity index (χ4n) is 1.25. The van der Waals surface area contributed by atoms with Crippen LogP contribution in [0.3, 0.4) is 0 Å². The molecule has 0 aromatic heterocycles. The van der Waals surface area contributed by atoms with Crippen molar-refractivity contribution in [1.82, 2.24) is 5.43 Å². The van der Waals surface area contributed by atoms with Gasteiger partial charge in [0.15, 0.2) is 0 Å². The van der Waals surface area contributed by atoms with Crippen LogP contribution in [0.4, 0.5) is 4.39 Å². The molecule has 0 aliphatic rings. The highest BCUT2D eigenvalue weighted by Crippen LogP contribution is 2.22. The van der Waals surface area contributed by atoms with E-state index in [-0.39, 0.29) is 11.9 Å². The van der Waals surface area contributed by atoms with E-state index in [1.165, 1.54) is 12.1 Å². The van der Waals surface area contributed by atoms with Crippen LogP contribution in [-0.2, 0) is 0 Å². The van der Waals surface area contributed by atoms with E-state index in [1.807, 2.05) is 0 Å². The summed E-state index contributed by atoms with van der Waals surface area (Å²) in [5.41, 5.74) is 3.66. The van der Waals surface area contributed by atoms with E-state index in [0.717, 1.165) is 9.13 Å². The maximum atomic E-state index is 12.9. The van der Waals surface area contributed by atoms with Crippen LogP contribution in [0.5, 0.6) is 0 Å². The number of rotatable bonds is 3. The van der Waals surface area contributed by atoms with Crippen molar-refractivity contribution in [2.75, 3.05) is 0 Å². The first-order valence-corrected chi connectivity index (χ1v) is 5.57. The molecule has 4 heteroatoms. The predicted molar refractivity (Wildman–Crippen MR) is 67.2 cm³/mol. The average molecular weight is 318 g/mol. The Bertz CT molecular complexity index is 395. The molecule has 1 unspecified atom stereocenters. The molecule has 3 N–H and O–H groups in total. The van der Waals surface area contributed by atoms with Crippen LogP contribution >= 0.6 is 22.6 Å². The zero-order valence-electron chi connectivity index (χ0n) is 8.35. The second kappa shape index (κ2) is 6.05. The molecule has 0 saturated heterocycles. The molecule has 0 saturated carbocycles. The van der Waals surface area contributed by atoms with E-state index in [9.17, 15) is 4.39 Å². The van der Waals surface area contributed by atoms with E-state index in [2.05, 4.69) is 39.9 Å². The fourth-order valence-corrected chi connectivity index (χ4v) is 2.10. The van der Waals surface area contributed by atoms with Gasteiger partial charge >= 0.3 is 0 Å². The normalized spacial score (nSPS) is 11.7. The second-order valence-electron chi connectivity index (χ2n) is 3.02. The number of halogens is 2. The summed E-state index contributed by atoms with van der Waals surface area (Å²) in [4.78, 5) is 0. The van der Waals surface area contributed by atoms with Crippen LogP contribution in [-0.4, -0.2) is 0 Å². The van der Waals surface area contributed by atoms with Gasteiger partial charge in [0.2, 0.25) is 0 Å². The molecular weight excluding hydrogens is 306 g/mol. The molecule has 1 aromatic carbocycles. The zero-order chi connectivity index (χ0) is 11.3. The third-order valence-electron chi connectivity index (χ3n) is 2.02. The van der Waals surface area contributed by atoms with Gasteiger partial charge in [-0.25, -0.2) is 4.39 Å². The topological polar surface area (TPSA) is 38.0 Å². The molecule has 1 aromatic rings. The van der Waals surface area contributed by atoms with Crippen molar-refractivity contribution in [3.8, 4) is 11.8 Å². The molecule has 0 amide bonds. The van der Waals surface area contributed by atoms with Gasteiger partial charge in [0, 0.05) is 9.99 Å². The summed E-state index contributed by atoms with van der Waals surface area (Å²) in [5.74, 6) is 11.0. The Morgan fingerprint density at radius 2 is 2.33 bits per heavy atom. The SMILES string of the molecule is CC#CCC(NN)c1ccc(F)cc1I. The number of hydrogen-bond acceptors (Lipinski definition) is 2. The molecule has 1 atom stereocenters. The third kappa shape index (κ3) is 3.45. The molecule has 80 valence electrons. The van der Waals surface area contributed by atoms with Gasteiger partial charge in [-0.05, 0) is 47.2 Å². The summed E-state index contributed by atoms with van der Waals surface area (Å²) in [6.45, 7) is 1.78. The highest BCUT2D eigenvalue weighted by molar-refractivity contribution is 14.1. The van der Waals surface area contributed by atoms with Gasteiger partial charge in [0.1, 0.15) is 5.82 Å². The van der Waals surface area contributed by atoms with Crippen molar-refractivity contribution >= 4 is 22.6 Å². The van der Waals surface area contributed by atoms with Crippen LogP contribution < -0.4 is 11.3 Å². The van der Waals surface area contributed by atoms with Crippen LogP contribution in [0, 0.1) is 21.2 Å². The lowest BCUT2D eigenvalue weighted by Crippen LogP contribution is -2.28. The standard InChI is InChI=1S/C11H12FIN2/c1-2-3-4-11(15-14)9-6-5-8(12)7-10(9)13/h5-7,11,15H,4,14H2,1H3. The number of benzene rings is 1. The molecule has 0 fully saturated rings. The molecule has 2 nitrogen and oxygen atoms in total. The Hall–Kier alpha value is -0.640. The number of hydrogen-bond donors (Lipinski definition) is 2. The van der Waals surface area contributed by atoms with Gasteiger partial charge in [-0.1, -0.05) is 6.07 Å². The molecule has 0 bridgehead atoms. The van der Waals surface area contributed by atoms with Crippen LogP contribution in [0.15, 0.2) is 18.2 Å². The summed E-state index contributed by atoms with van der Waals surface area (Å²) in [6, 6.07) is 4.60. The van der Waals surface area contributed by atoms with Gasteiger partial charge < -0.3 is 0 Å². The van der Waals surface area contributed by atoms with Crippen molar-refractivity contribution in [3.05, 3.63) is 33.1 Å². The Morgan fingerprint density at radius 3 is 2.87 bits per heavy atom. The largest absolute Gasteiger partial charge is 0.271 e. The van der Waals surface area contributed by atoms with Gasteiger partial charge in [-0.3, -0.25) is 11.3 Å². The predicted octanol–water partition coefficient (Wildman–Crippen LogP) is 2.35. The van der Waals surface area contributed by atoms with Gasteiger partial charge in [-0.15, -0.1) is 11.8 Å². The van der Waals surface area contributed by atoms with Crippen molar-refractivity contribution in [2.24, 2.45) is 5.84 Å². The molecule has 0 aliphatic carbocycles. The fraction of sp³-hybridized carbons (Fsp3) is 0.273. The Morgan fingerprint density at radius 1 is 1.60 bits per heavy atom. The molecule has 1 rings (SSSR count). The first-order chi connectivity index (χ1) is 7.19. The van der Waals surface area contributed by atoms with Crippen molar-refractivity contribution < 1.29 is 4.39 Å². The smallest absolute Gasteiger partial charge is 0.124 e. The molecule has 0 spiro atoms. The van der Waals surface area contributed by atoms with E-state index in [4.69, 9.17) is 5.84 Å². The second-order valence-corrected chi connectivity index (χ2v) is 4.18. The van der Waals surface area contributed by atoms with E-state index < -0.39 is 0 Å². The molecule has 15 heavy (non-hydrogen) atoms. The lowest BCUT2D eigenvalue weighted by Gasteiger charge is -2.15. The monoisotopic (exact) mass is 318 g/mol. The van der Waals surface area contributed by atoms with E-state index in [0.29, 0.717) is 6.42 Å². The molecule has 0 radical (unpaired) electrons. The van der Waals surface area contributed by atoms with Crippen LogP contribution in [0.25, 0.3) is 0 Å². The van der Waals surface area contributed by atoms with E-state index >= 15 is 0 Å². The van der Waals surface area contributed by atoms with E-state index in [1.54, 1.807) is 13.0 Å². The van der Waals surface area contributed by atoms with Gasteiger partial charge in [0.05, 0.1) is 6.04 Å². The van der Waals surface area contributed by atoms with Crippen molar-refractivity contribution in [3.63, 3.8) is 0 Å².